The Morgan fingerprint density at radius 1 is 0.893 bits per heavy atom. The number of fused-ring (bicyclic) bond motifs is 8. The van der Waals surface area contributed by atoms with E-state index < -0.39 is 0 Å². The minimum absolute atomic E-state index is 0.339. The molecular formula is C24H17FN2O. The van der Waals surface area contributed by atoms with E-state index in [1.807, 2.05) is 19.1 Å². The van der Waals surface area contributed by atoms with Crippen LogP contribution in [0.4, 0.5) is 4.39 Å². The molecule has 3 nitrogen and oxygen atoms in total. The molecule has 0 N–H and O–H groups in total. The zero-order chi connectivity index (χ0) is 19.2. The molecule has 0 spiro atoms. The second-order valence-electron chi connectivity index (χ2n) is 7.58. The lowest BCUT2D eigenvalue weighted by Crippen LogP contribution is -1.94. The molecule has 6 aromatic rings. The summed E-state index contributed by atoms with van der Waals surface area (Å²) in [5.74, 6) is -0.339. The number of benzene rings is 3. The number of hydrogen-bond donors (Lipinski definition) is 0. The Hall–Kier alpha value is -3.40. The van der Waals surface area contributed by atoms with Crippen LogP contribution in [0.15, 0.2) is 53.1 Å². The van der Waals surface area contributed by atoms with Gasteiger partial charge >= 0.3 is 0 Å². The minimum atomic E-state index is -0.339. The Bertz CT molecular complexity index is 1600. The lowest BCUT2D eigenvalue weighted by Gasteiger charge is -2.12. The van der Waals surface area contributed by atoms with Crippen LogP contribution in [-0.4, -0.2) is 9.38 Å². The maximum absolute atomic E-state index is 14.2. The van der Waals surface area contributed by atoms with Gasteiger partial charge in [0.05, 0.1) is 16.6 Å². The SMILES string of the molecule is Cc1nc2c3cc4cccc(C)c4cc3c3cc4occ(F)c4cc3n2c1C. The number of halogens is 1. The molecule has 0 radical (unpaired) electrons. The zero-order valence-electron chi connectivity index (χ0n) is 15.8. The number of nitrogens with zero attached hydrogens (tertiary/aromatic N) is 2. The van der Waals surface area contributed by atoms with Gasteiger partial charge in [0.1, 0.15) is 17.5 Å². The van der Waals surface area contributed by atoms with Gasteiger partial charge in [-0.25, -0.2) is 9.37 Å². The van der Waals surface area contributed by atoms with Crippen molar-refractivity contribution in [3.63, 3.8) is 0 Å². The molecule has 0 bridgehead atoms. The van der Waals surface area contributed by atoms with Gasteiger partial charge in [0.2, 0.25) is 0 Å². The lowest BCUT2D eigenvalue weighted by atomic mass is 9.98. The van der Waals surface area contributed by atoms with Crippen molar-refractivity contribution in [2.24, 2.45) is 0 Å². The quantitative estimate of drug-likeness (QED) is 0.223. The van der Waals surface area contributed by atoms with E-state index in [0.29, 0.717) is 11.0 Å². The molecule has 28 heavy (non-hydrogen) atoms. The summed E-state index contributed by atoms with van der Waals surface area (Å²) in [4.78, 5) is 4.86. The summed E-state index contributed by atoms with van der Waals surface area (Å²) in [5.41, 5.74) is 5.68. The summed E-state index contributed by atoms with van der Waals surface area (Å²) in [6.45, 7) is 6.20. The Balaban J connectivity index is 1.98. The number of aryl methyl sites for hydroxylation is 3. The molecule has 0 saturated carbocycles. The van der Waals surface area contributed by atoms with Crippen LogP contribution in [0.5, 0.6) is 0 Å². The highest BCUT2D eigenvalue weighted by Gasteiger charge is 2.17. The van der Waals surface area contributed by atoms with Crippen LogP contribution in [0.2, 0.25) is 0 Å². The molecule has 0 amide bonds. The van der Waals surface area contributed by atoms with Crippen molar-refractivity contribution in [2.75, 3.05) is 0 Å². The van der Waals surface area contributed by atoms with Gasteiger partial charge in [-0.1, -0.05) is 18.2 Å². The van der Waals surface area contributed by atoms with Crippen molar-refractivity contribution in [3.05, 3.63) is 71.5 Å². The Kier molecular flexibility index (Phi) is 2.85. The van der Waals surface area contributed by atoms with Crippen molar-refractivity contribution in [1.29, 1.82) is 0 Å². The fourth-order valence-electron chi connectivity index (χ4n) is 4.41. The Morgan fingerprint density at radius 3 is 2.61 bits per heavy atom. The first-order valence-corrected chi connectivity index (χ1v) is 9.34. The summed E-state index contributed by atoms with van der Waals surface area (Å²) in [7, 11) is 0. The van der Waals surface area contributed by atoms with E-state index in [4.69, 9.17) is 9.40 Å². The summed E-state index contributed by atoms with van der Waals surface area (Å²) < 4.78 is 21.8. The smallest absolute Gasteiger partial charge is 0.169 e. The van der Waals surface area contributed by atoms with Gasteiger partial charge in [0.25, 0.3) is 0 Å². The molecule has 0 fully saturated rings. The zero-order valence-corrected chi connectivity index (χ0v) is 15.8. The van der Waals surface area contributed by atoms with Crippen LogP contribution < -0.4 is 0 Å². The van der Waals surface area contributed by atoms with Crippen LogP contribution in [0, 0.1) is 26.6 Å². The first-order chi connectivity index (χ1) is 13.5. The van der Waals surface area contributed by atoms with Gasteiger partial charge in [-0.3, -0.25) is 4.40 Å². The van der Waals surface area contributed by atoms with Gasteiger partial charge in [0.15, 0.2) is 5.82 Å². The van der Waals surface area contributed by atoms with Crippen LogP contribution in [0.1, 0.15) is 17.0 Å². The van der Waals surface area contributed by atoms with Gasteiger partial charge in [-0.2, -0.15) is 0 Å². The van der Waals surface area contributed by atoms with Gasteiger partial charge in [-0.15, -0.1) is 0 Å². The van der Waals surface area contributed by atoms with Crippen molar-refractivity contribution < 1.29 is 8.81 Å². The Labute approximate surface area is 160 Å². The predicted molar refractivity (Wildman–Crippen MR) is 112 cm³/mol. The second kappa shape index (κ2) is 5.10. The van der Waals surface area contributed by atoms with Crippen molar-refractivity contribution in [1.82, 2.24) is 9.38 Å². The first kappa shape index (κ1) is 15.6. The molecule has 3 heterocycles. The van der Waals surface area contributed by atoms with Gasteiger partial charge in [0, 0.05) is 16.5 Å². The number of rotatable bonds is 0. The highest BCUT2D eigenvalue weighted by Crippen LogP contribution is 2.37. The van der Waals surface area contributed by atoms with E-state index in [0.717, 1.165) is 38.7 Å². The third-order valence-corrected chi connectivity index (χ3v) is 6.00. The third kappa shape index (κ3) is 1.84. The topological polar surface area (TPSA) is 30.4 Å². The summed E-state index contributed by atoms with van der Waals surface area (Å²) in [5, 5.41) is 6.13. The minimum Gasteiger partial charge on any atom is -0.461 e. The van der Waals surface area contributed by atoms with Crippen LogP contribution >= 0.6 is 0 Å². The molecule has 0 aliphatic carbocycles. The standard InChI is InChI=1S/C24H17FN2O/c1-12-5-4-6-15-7-19-17(8-16(12)15)18-10-23-20(21(25)11-28-23)9-22(18)27-14(3)13(2)26-24(19)27/h4-11H,1-3H3. The fourth-order valence-corrected chi connectivity index (χ4v) is 4.41. The number of aromatic nitrogens is 2. The van der Waals surface area contributed by atoms with Crippen molar-refractivity contribution in [2.45, 2.75) is 20.8 Å². The Morgan fingerprint density at radius 2 is 1.75 bits per heavy atom. The maximum Gasteiger partial charge on any atom is 0.169 e. The summed E-state index contributed by atoms with van der Waals surface area (Å²) in [6, 6.07) is 14.6. The van der Waals surface area contributed by atoms with E-state index in [1.54, 1.807) is 0 Å². The predicted octanol–water partition coefficient (Wildman–Crippen LogP) is 6.60. The van der Waals surface area contributed by atoms with Crippen LogP contribution in [0.25, 0.3) is 49.1 Å². The average molecular weight is 368 g/mol. The molecule has 3 aromatic carbocycles. The van der Waals surface area contributed by atoms with Gasteiger partial charge < -0.3 is 4.42 Å². The molecular weight excluding hydrogens is 351 g/mol. The van der Waals surface area contributed by atoms with E-state index in [2.05, 4.69) is 48.6 Å². The molecule has 0 atom stereocenters. The van der Waals surface area contributed by atoms with E-state index in [1.165, 1.54) is 22.6 Å². The monoisotopic (exact) mass is 368 g/mol. The normalized spacial score (nSPS) is 12.3. The number of pyridine rings is 1. The van der Waals surface area contributed by atoms with Crippen molar-refractivity contribution in [3.8, 4) is 0 Å². The average Bonchev–Trinajstić information content (AvgIpc) is 3.20. The molecule has 136 valence electrons. The van der Waals surface area contributed by atoms with E-state index >= 15 is 0 Å². The number of imidazole rings is 1. The number of furan rings is 1. The van der Waals surface area contributed by atoms with Crippen LogP contribution in [0.3, 0.4) is 0 Å². The first-order valence-electron chi connectivity index (χ1n) is 9.34. The molecule has 4 heteroatoms. The summed E-state index contributed by atoms with van der Waals surface area (Å²) >= 11 is 0. The summed E-state index contributed by atoms with van der Waals surface area (Å²) in [6.07, 6.45) is 1.18. The molecule has 3 aromatic heterocycles. The highest BCUT2D eigenvalue weighted by atomic mass is 19.1. The maximum atomic E-state index is 14.2. The highest BCUT2D eigenvalue weighted by molar-refractivity contribution is 6.18. The van der Waals surface area contributed by atoms with E-state index in [9.17, 15) is 4.39 Å². The van der Waals surface area contributed by atoms with Crippen LogP contribution in [-0.2, 0) is 0 Å². The van der Waals surface area contributed by atoms with Crippen molar-refractivity contribution >= 4 is 49.1 Å². The second-order valence-corrected chi connectivity index (χ2v) is 7.58. The molecule has 6 rings (SSSR count). The lowest BCUT2D eigenvalue weighted by molar-refractivity contribution is 0.558. The van der Waals surface area contributed by atoms with E-state index in [-0.39, 0.29) is 5.82 Å². The fraction of sp³-hybridized carbons (Fsp3) is 0.125. The molecule has 0 unspecified atom stereocenters. The third-order valence-electron chi connectivity index (χ3n) is 6.00. The largest absolute Gasteiger partial charge is 0.461 e. The number of hydrogen-bond acceptors (Lipinski definition) is 2. The molecule has 0 aliphatic heterocycles. The molecule has 0 aliphatic rings. The molecule has 0 saturated heterocycles. The van der Waals surface area contributed by atoms with Gasteiger partial charge in [-0.05, 0) is 66.8 Å².